The van der Waals surface area contributed by atoms with Gasteiger partial charge in [-0.25, -0.2) is 0 Å². The molecule has 0 fully saturated rings. The maximum Gasteiger partial charge on any atom is 0.138 e. The van der Waals surface area contributed by atoms with Crippen LogP contribution in [0.3, 0.4) is 0 Å². The quantitative estimate of drug-likeness (QED) is 0.249. The van der Waals surface area contributed by atoms with Gasteiger partial charge in [-0.15, -0.1) is 0 Å². The van der Waals surface area contributed by atoms with Crippen LogP contribution in [0.15, 0.2) is 64.6 Å². The third kappa shape index (κ3) is 4.62. The maximum absolute atomic E-state index is 7.10. The van der Waals surface area contributed by atoms with Crippen molar-refractivity contribution < 1.29 is 4.42 Å². The molecule has 0 radical (unpaired) electrons. The van der Waals surface area contributed by atoms with E-state index in [0.29, 0.717) is 23.7 Å². The number of furan rings is 1. The van der Waals surface area contributed by atoms with Crippen LogP contribution in [0.25, 0.3) is 28.3 Å². The fraction of sp³-hybridized carbons (Fsp3) is 0.429. The summed E-state index contributed by atoms with van der Waals surface area (Å²) >= 11 is 0. The van der Waals surface area contributed by atoms with E-state index in [2.05, 4.69) is 152 Å². The van der Waals surface area contributed by atoms with Gasteiger partial charge in [0.25, 0.3) is 0 Å². The average Bonchev–Trinajstić information content (AvgIpc) is 3.68. The van der Waals surface area contributed by atoms with Gasteiger partial charge in [-0.3, -0.25) is 0 Å². The lowest BCUT2D eigenvalue weighted by atomic mass is 9.79. The molecule has 3 heterocycles. The van der Waals surface area contributed by atoms with Crippen LogP contribution in [0.5, 0.6) is 0 Å². The van der Waals surface area contributed by atoms with Gasteiger partial charge in [0.1, 0.15) is 23.2 Å². The molecule has 4 nitrogen and oxygen atoms in total. The van der Waals surface area contributed by atoms with E-state index in [1.807, 2.05) is 0 Å². The first-order valence-corrected chi connectivity index (χ1v) is 17.3. The van der Waals surface area contributed by atoms with Gasteiger partial charge in [-0.1, -0.05) is 109 Å². The fourth-order valence-electron chi connectivity index (χ4n) is 8.23. The summed E-state index contributed by atoms with van der Waals surface area (Å²) in [7, 11) is 2.27. The molecule has 2 aliphatic carbocycles. The topological polar surface area (TPSA) is 35.4 Å². The lowest BCUT2D eigenvalue weighted by Gasteiger charge is -2.38. The first-order valence-electron chi connectivity index (χ1n) is 17.3. The van der Waals surface area contributed by atoms with E-state index >= 15 is 0 Å². The number of nitrogens with one attached hydrogen (secondary N) is 1. The summed E-state index contributed by atoms with van der Waals surface area (Å²) in [4.78, 5) is 8.95. The highest BCUT2D eigenvalue weighted by molar-refractivity contribution is 5.90. The number of aromatic nitrogens is 1. The van der Waals surface area contributed by atoms with Crippen LogP contribution < -0.4 is 20.4 Å². The Bertz CT molecular complexity index is 1980. The van der Waals surface area contributed by atoms with Crippen molar-refractivity contribution in [1.29, 1.82) is 0 Å². The number of hydrogen-bond donors (Lipinski definition) is 1. The van der Waals surface area contributed by atoms with E-state index in [4.69, 9.17) is 4.42 Å². The minimum Gasteiger partial charge on any atom is -0.460 e. The second kappa shape index (κ2) is 10.8. The predicted octanol–water partition coefficient (Wildman–Crippen LogP) is 9.83. The molecule has 4 atom stereocenters. The molecule has 7 rings (SSSR count). The van der Waals surface area contributed by atoms with Crippen molar-refractivity contribution >= 4 is 34.4 Å². The molecule has 0 spiro atoms. The Balaban J connectivity index is 1.52. The summed E-state index contributed by atoms with van der Waals surface area (Å²) in [5, 5.41) is 1.34. The van der Waals surface area contributed by atoms with Gasteiger partial charge in [0.05, 0.1) is 5.69 Å². The van der Waals surface area contributed by atoms with Crippen LogP contribution in [0, 0.1) is 11.8 Å². The first kappa shape index (κ1) is 30.7. The van der Waals surface area contributed by atoms with Gasteiger partial charge < -0.3 is 19.2 Å². The summed E-state index contributed by atoms with van der Waals surface area (Å²) < 4.78 is 7.10. The van der Waals surface area contributed by atoms with Crippen molar-refractivity contribution in [1.82, 2.24) is 4.98 Å². The van der Waals surface area contributed by atoms with Crippen LogP contribution in [0.1, 0.15) is 110 Å². The molecule has 3 aliphatic rings. The van der Waals surface area contributed by atoms with Gasteiger partial charge in [-0.05, 0) is 78.3 Å². The highest BCUT2D eigenvalue weighted by atomic mass is 16.3. The second-order valence-electron chi connectivity index (χ2n) is 15.7. The standard InChI is InChI=1S/C42H51N3O/c1-23(2)33-22-35-40(43-33)44(11)41(45(35)34-18-17-30(21-32(34)42(8,9)10)29-15-13-12-14-16-29)37-26(5)19-25(4)36-31-20-24(3)27(6)28(7)38(31)46-39(36)37/h12-18,20-23,26-28,41,43H,19H2,1-11H3. The molecule has 0 amide bonds. The van der Waals surface area contributed by atoms with Crippen LogP contribution in [0.2, 0.25) is 0 Å². The molecule has 4 aromatic rings. The molecule has 1 aliphatic heterocycles. The van der Waals surface area contributed by atoms with Gasteiger partial charge >= 0.3 is 0 Å². The first-order chi connectivity index (χ1) is 21.8. The van der Waals surface area contributed by atoms with E-state index in [-0.39, 0.29) is 11.6 Å². The molecule has 2 aromatic carbocycles. The minimum absolute atomic E-state index is 0.0154. The van der Waals surface area contributed by atoms with Crippen molar-refractivity contribution in [2.24, 2.45) is 11.8 Å². The number of anilines is 3. The number of allylic oxidation sites excluding steroid dienone is 1. The largest absolute Gasteiger partial charge is 0.460 e. The Kier molecular flexibility index (Phi) is 7.23. The maximum atomic E-state index is 7.10. The summed E-state index contributed by atoms with van der Waals surface area (Å²) in [6, 6.07) is 20.3. The number of hydrogen-bond acceptors (Lipinski definition) is 3. The van der Waals surface area contributed by atoms with Crippen LogP contribution in [-0.4, -0.2) is 18.2 Å². The van der Waals surface area contributed by atoms with Crippen molar-refractivity contribution in [3.63, 3.8) is 0 Å². The molecule has 0 bridgehead atoms. The lowest BCUT2D eigenvalue weighted by molar-refractivity contribution is 0.399. The molecule has 46 heavy (non-hydrogen) atoms. The van der Waals surface area contributed by atoms with Gasteiger partial charge in [0.15, 0.2) is 0 Å². The Morgan fingerprint density at radius 3 is 2.28 bits per heavy atom. The minimum atomic E-state index is -0.0702. The second-order valence-corrected chi connectivity index (χ2v) is 15.7. The van der Waals surface area contributed by atoms with Gasteiger partial charge in [0, 0.05) is 40.7 Å². The van der Waals surface area contributed by atoms with Crippen LogP contribution in [0.4, 0.5) is 17.2 Å². The highest BCUT2D eigenvalue weighted by Gasteiger charge is 2.44. The molecule has 0 saturated carbocycles. The van der Waals surface area contributed by atoms with Gasteiger partial charge in [0.2, 0.25) is 0 Å². The van der Waals surface area contributed by atoms with E-state index in [0.717, 1.165) is 17.6 Å². The van der Waals surface area contributed by atoms with Crippen molar-refractivity contribution in [2.75, 3.05) is 16.8 Å². The van der Waals surface area contributed by atoms with E-state index in [9.17, 15) is 0 Å². The number of nitrogens with zero attached hydrogens (tertiary/aromatic N) is 2. The van der Waals surface area contributed by atoms with Crippen LogP contribution in [-0.2, 0) is 5.41 Å². The Labute approximate surface area is 275 Å². The van der Waals surface area contributed by atoms with Crippen molar-refractivity contribution in [3.05, 3.63) is 93.4 Å². The molecule has 2 aromatic heterocycles. The molecule has 1 N–H and O–H groups in total. The van der Waals surface area contributed by atoms with Gasteiger partial charge in [-0.2, -0.15) is 0 Å². The fourth-order valence-corrected chi connectivity index (χ4v) is 8.23. The smallest absolute Gasteiger partial charge is 0.138 e. The van der Waals surface area contributed by atoms with E-state index in [1.54, 1.807) is 0 Å². The number of aromatic amines is 1. The third-order valence-electron chi connectivity index (χ3n) is 11.2. The number of H-pyrrole nitrogens is 1. The monoisotopic (exact) mass is 613 g/mol. The normalized spacial score (nSPS) is 22.7. The Morgan fingerprint density at radius 2 is 1.61 bits per heavy atom. The van der Waals surface area contributed by atoms with Crippen molar-refractivity contribution in [2.45, 2.75) is 99.1 Å². The zero-order chi connectivity index (χ0) is 32.8. The van der Waals surface area contributed by atoms with Crippen LogP contribution >= 0.6 is 0 Å². The van der Waals surface area contributed by atoms with E-state index in [1.165, 1.54) is 67.1 Å². The Morgan fingerprint density at radius 1 is 0.891 bits per heavy atom. The molecule has 4 unspecified atom stereocenters. The molecule has 240 valence electrons. The summed E-state index contributed by atoms with van der Waals surface area (Å²) in [6.45, 7) is 23.3. The number of fused-ring (bicyclic) bond motifs is 4. The summed E-state index contributed by atoms with van der Waals surface area (Å²) in [5.41, 5.74) is 14.2. The number of benzene rings is 2. The molecular formula is C42H51N3O. The SMILES string of the molecule is CC1=Cc2c(oc3c2=C(C)CC(C)C=3C2N(C)c3[nH]c(C(C)C)cc3N2c2ccc(-c3ccccc3)cc2C(C)(C)C)C(C)C1C. The average molecular weight is 614 g/mol. The lowest BCUT2D eigenvalue weighted by Crippen LogP contribution is -2.48. The zero-order valence-electron chi connectivity index (χ0n) is 29.7. The summed E-state index contributed by atoms with van der Waals surface area (Å²) in [5.74, 6) is 3.91. The number of rotatable bonds is 4. The molecule has 4 heteroatoms. The Hall–Kier alpha value is -3.92. The molecule has 0 saturated heterocycles. The molecular weight excluding hydrogens is 562 g/mol. The van der Waals surface area contributed by atoms with E-state index < -0.39 is 0 Å². The highest BCUT2D eigenvalue weighted by Crippen LogP contribution is 2.51. The van der Waals surface area contributed by atoms with Crippen molar-refractivity contribution in [3.8, 4) is 11.1 Å². The zero-order valence-corrected chi connectivity index (χ0v) is 29.7. The summed E-state index contributed by atoms with van der Waals surface area (Å²) in [6.07, 6.45) is 3.43. The predicted molar refractivity (Wildman–Crippen MR) is 195 cm³/mol. The third-order valence-corrected chi connectivity index (χ3v) is 11.2.